The number of Topliss-reactive ketones (excluding diaryl/α,β-unsaturated/α-hetero) is 1. The molecule has 0 unspecified atom stereocenters. The van der Waals surface area contributed by atoms with Crippen molar-refractivity contribution >= 4 is 17.7 Å². The molecule has 2 N–H and O–H groups in total. The highest BCUT2D eigenvalue weighted by molar-refractivity contribution is 5.99. The Morgan fingerprint density at radius 3 is 2.37 bits per heavy atom. The number of amides is 1. The summed E-state index contributed by atoms with van der Waals surface area (Å²) in [6, 6.07) is 7.25. The van der Waals surface area contributed by atoms with E-state index < -0.39 is 12.0 Å². The highest BCUT2D eigenvalue weighted by Gasteiger charge is 2.23. The lowest BCUT2D eigenvalue weighted by atomic mass is 10.0. The van der Waals surface area contributed by atoms with Gasteiger partial charge in [0.1, 0.15) is 6.04 Å². The summed E-state index contributed by atoms with van der Waals surface area (Å²) in [5.41, 5.74) is 0.443. The zero-order chi connectivity index (χ0) is 14.3. The third kappa shape index (κ3) is 4.91. The number of carboxylic acids is 1. The van der Waals surface area contributed by atoms with Gasteiger partial charge in [-0.15, -0.1) is 0 Å². The molecule has 5 heteroatoms. The van der Waals surface area contributed by atoms with E-state index in [4.69, 9.17) is 5.11 Å². The molecule has 0 saturated carbocycles. The predicted octanol–water partition coefficient (Wildman–Crippen LogP) is 1.63. The number of carbonyl (C=O) groups is 3. The lowest BCUT2D eigenvalue weighted by Gasteiger charge is -2.13. The van der Waals surface area contributed by atoms with E-state index in [-0.39, 0.29) is 24.5 Å². The standard InChI is InChI=1S/C14H17NO4/c1-2-6-13(17)15-11(14(18)19)9-12(16)10-7-4-3-5-8-10/h3-5,7-8,11H,2,6,9H2,1H3,(H,15,17)(H,18,19)/t11-/m0/s1. The zero-order valence-corrected chi connectivity index (χ0v) is 10.8. The molecule has 102 valence electrons. The summed E-state index contributed by atoms with van der Waals surface area (Å²) >= 11 is 0. The van der Waals surface area contributed by atoms with Crippen LogP contribution in [0.1, 0.15) is 36.5 Å². The highest BCUT2D eigenvalue weighted by atomic mass is 16.4. The van der Waals surface area contributed by atoms with E-state index in [2.05, 4.69) is 5.32 Å². The first-order valence-electron chi connectivity index (χ1n) is 6.15. The number of aliphatic carboxylic acids is 1. The Morgan fingerprint density at radius 2 is 1.84 bits per heavy atom. The topological polar surface area (TPSA) is 83.5 Å². The fourth-order valence-electron chi connectivity index (χ4n) is 1.62. The number of hydrogen-bond acceptors (Lipinski definition) is 3. The minimum Gasteiger partial charge on any atom is -0.480 e. The fourth-order valence-corrected chi connectivity index (χ4v) is 1.62. The molecule has 1 aromatic carbocycles. The molecule has 1 rings (SSSR count). The van der Waals surface area contributed by atoms with E-state index in [1.165, 1.54) is 0 Å². The average Bonchev–Trinajstić information content (AvgIpc) is 2.39. The van der Waals surface area contributed by atoms with Crippen molar-refractivity contribution in [1.29, 1.82) is 0 Å². The first kappa shape index (κ1) is 14.9. The number of rotatable bonds is 7. The zero-order valence-electron chi connectivity index (χ0n) is 10.8. The molecule has 0 saturated heterocycles. The molecule has 0 fully saturated rings. The lowest BCUT2D eigenvalue weighted by molar-refractivity contribution is -0.141. The Morgan fingerprint density at radius 1 is 1.21 bits per heavy atom. The van der Waals surface area contributed by atoms with Crippen LogP contribution in [0.2, 0.25) is 0 Å². The maximum atomic E-state index is 11.9. The van der Waals surface area contributed by atoms with E-state index in [0.29, 0.717) is 12.0 Å². The van der Waals surface area contributed by atoms with Crippen LogP contribution in [0.4, 0.5) is 0 Å². The van der Waals surface area contributed by atoms with Crippen molar-refractivity contribution in [1.82, 2.24) is 5.32 Å². The summed E-state index contributed by atoms with van der Waals surface area (Å²) in [4.78, 5) is 34.3. The van der Waals surface area contributed by atoms with Crippen molar-refractivity contribution in [3.8, 4) is 0 Å². The van der Waals surface area contributed by atoms with Crippen molar-refractivity contribution in [2.24, 2.45) is 0 Å². The second kappa shape index (κ2) is 7.31. The Hall–Kier alpha value is -2.17. The van der Waals surface area contributed by atoms with Crippen LogP contribution in [-0.4, -0.2) is 28.8 Å². The van der Waals surface area contributed by atoms with Crippen LogP contribution in [0.3, 0.4) is 0 Å². The van der Waals surface area contributed by atoms with Crippen molar-refractivity contribution in [3.63, 3.8) is 0 Å². The number of carbonyl (C=O) groups excluding carboxylic acids is 2. The Kier molecular flexibility index (Phi) is 5.73. The molecule has 0 aromatic heterocycles. The molecule has 0 spiro atoms. The molecule has 1 atom stereocenters. The predicted molar refractivity (Wildman–Crippen MR) is 69.9 cm³/mol. The minimum absolute atomic E-state index is 0.241. The van der Waals surface area contributed by atoms with Gasteiger partial charge in [-0.3, -0.25) is 9.59 Å². The smallest absolute Gasteiger partial charge is 0.326 e. The molecule has 1 aromatic rings. The van der Waals surface area contributed by atoms with Crippen molar-refractivity contribution < 1.29 is 19.5 Å². The SMILES string of the molecule is CCCC(=O)N[C@@H](CC(=O)c1ccccc1)C(=O)O. The van der Waals surface area contributed by atoms with Gasteiger partial charge in [0.2, 0.25) is 5.91 Å². The van der Waals surface area contributed by atoms with Gasteiger partial charge in [-0.2, -0.15) is 0 Å². The molecule has 0 aliphatic rings. The van der Waals surface area contributed by atoms with E-state index in [1.54, 1.807) is 30.3 Å². The van der Waals surface area contributed by atoms with Crippen molar-refractivity contribution in [2.75, 3.05) is 0 Å². The van der Waals surface area contributed by atoms with Crippen LogP contribution >= 0.6 is 0 Å². The Bertz CT molecular complexity index is 456. The van der Waals surface area contributed by atoms with Crippen molar-refractivity contribution in [3.05, 3.63) is 35.9 Å². The van der Waals surface area contributed by atoms with E-state index in [9.17, 15) is 14.4 Å². The first-order valence-corrected chi connectivity index (χ1v) is 6.15. The number of hydrogen-bond donors (Lipinski definition) is 2. The minimum atomic E-state index is -1.20. The summed E-state index contributed by atoms with van der Waals surface area (Å²) in [5.74, 6) is -1.85. The van der Waals surface area contributed by atoms with Gasteiger partial charge in [0.15, 0.2) is 5.78 Å². The number of ketones is 1. The van der Waals surface area contributed by atoms with E-state index in [0.717, 1.165) is 0 Å². The quantitative estimate of drug-likeness (QED) is 0.732. The number of nitrogens with one attached hydrogen (secondary N) is 1. The van der Waals surface area contributed by atoms with Gasteiger partial charge in [-0.05, 0) is 6.42 Å². The third-order valence-corrected chi connectivity index (χ3v) is 2.60. The Labute approximate surface area is 111 Å². The third-order valence-electron chi connectivity index (χ3n) is 2.60. The highest BCUT2D eigenvalue weighted by Crippen LogP contribution is 2.06. The van der Waals surface area contributed by atoms with E-state index >= 15 is 0 Å². The molecule has 5 nitrogen and oxygen atoms in total. The first-order chi connectivity index (χ1) is 9.04. The number of benzene rings is 1. The van der Waals surface area contributed by atoms with Gasteiger partial charge >= 0.3 is 5.97 Å². The van der Waals surface area contributed by atoms with Gasteiger partial charge in [-0.1, -0.05) is 37.3 Å². The molecular formula is C14H17NO4. The van der Waals surface area contributed by atoms with Crippen LogP contribution in [0.5, 0.6) is 0 Å². The van der Waals surface area contributed by atoms with Gasteiger partial charge in [0.05, 0.1) is 0 Å². The summed E-state index contributed by atoms with van der Waals surface area (Å²) in [6.07, 6.45) is 0.642. The van der Waals surface area contributed by atoms with Crippen LogP contribution in [-0.2, 0) is 9.59 Å². The molecule has 1 amide bonds. The van der Waals surface area contributed by atoms with Gasteiger partial charge in [0.25, 0.3) is 0 Å². The molecular weight excluding hydrogens is 246 g/mol. The second-order valence-electron chi connectivity index (χ2n) is 4.20. The van der Waals surface area contributed by atoms with Crippen LogP contribution in [0.25, 0.3) is 0 Å². The summed E-state index contributed by atoms with van der Waals surface area (Å²) < 4.78 is 0. The average molecular weight is 263 g/mol. The molecule has 19 heavy (non-hydrogen) atoms. The Balaban J connectivity index is 2.66. The maximum Gasteiger partial charge on any atom is 0.326 e. The van der Waals surface area contributed by atoms with E-state index in [1.807, 2.05) is 6.92 Å². The molecule has 0 radical (unpaired) electrons. The summed E-state index contributed by atoms with van der Waals surface area (Å²) in [6.45, 7) is 1.82. The summed E-state index contributed by atoms with van der Waals surface area (Å²) in [5, 5.41) is 11.4. The van der Waals surface area contributed by atoms with Crippen molar-refractivity contribution in [2.45, 2.75) is 32.2 Å². The van der Waals surface area contributed by atoms with Crippen LogP contribution < -0.4 is 5.32 Å². The largest absolute Gasteiger partial charge is 0.480 e. The molecule has 0 bridgehead atoms. The summed E-state index contributed by atoms with van der Waals surface area (Å²) in [7, 11) is 0. The lowest BCUT2D eigenvalue weighted by Crippen LogP contribution is -2.42. The molecule has 0 aliphatic heterocycles. The normalized spacial score (nSPS) is 11.6. The van der Waals surface area contributed by atoms with Gasteiger partial charge < -0.3 is 10.4 Å². The maximum absolute atomic E-state index is 11.9. The van der Waals surface area contributed by atoms with Crippen LogP contribution in [0.15, 0.2) is 30.3 Å². The van der Waals surface area contributed by atoms with Crippen LogP contribution in [0, 0.1) is 0 Å². The van der Waals surface area contributed by atoms with Gasteiger partial charge in [0, 0.05) is 18.4 Å². The van der Waals surface area contributed by atoms with Gasteiger partial charge in [-0.25, -0.2) is 4.79 Å². The second-order valence-corrected chi connectivity index (χ2v) is 4.20. The monoisotopic (exact) mass is 263 g/mol. The number of carboxylic acid groups (broad SMARTS) is 1. The molecule has 0 heterocycles. The molecule has 0 aliphatic carbocycles. The fraction of sp³-hybridized carbons (Fsp3) is 0.357.